The van der Waals surface area contributed by atoms with Gasteiger partial charge in [0.2, 0.25) is 15.9 Å². The van der Waals surface area contributed by atoms with Gasteiger partial charge in [0.1, 0.15) is 12.6 Å². The Morgan fingerprint density at radius 2 is 1.62 bits per heavy atom. The summed E-state index contributed by atoms with van der Waals surface area (Å²) in [5, 5.41) is 16.8. The van der Waals surface area contributed by atoms with Gasteiger partial charge in [0, 0.05) is 13.1 Å². The van der Waals surface area contributed by atoms with E-state index in [-0.39, 0.29) is 54.1 Å². The number of anilines is 1. The van der Waals surface area contributed by atoms with Gasteiger partial charge in [-0.15, -0.1) is 0 Å². The Morgan fingerprint density at radius 3 is 2.29 bits per heavy atom. The molecular formula is C39H46ClN5O6S. The number of nitrogens with zero attached hydrogens (tertiary/aromatic N) is 3. The number of hydrogen-bond donors (Lipinski definition) is 3. The number of imide groups is 1. The van der Waals surface area contributed by atoms with Crippen LogP contribution in [0.3, 0.4) is 0 Å². The van der Waals surface area contributed by atoms with Crippen molar-refractivity contribution in [3.05, 3.63) is 107 Å². The number of aliphatic hydroxyl groups excluding tert-OH is 1. The van der Waals surface area contributed by atoms with Crippen molar-refractivity contribution in [3.8, 4) is 0 Å². The number of rotatable bonds is 15. The molecule has 5 rings (SSSR count). The summed E-state index contributed by atoms with van der Waals surface area (Å²) in [6.45, 7) is 6.80. The topological polar surface area (TPSA) is 153 Å². The maximum absolute atomic E-state index is 14.2. The number of carbonyl (C=O) groups is 3. The number of nitrogens with two attached hydrogens (primary N) is 1. The predicted octanol–water partition coefficient (Wildman–Crippen LogP) is 5.30. The highest BCUT2D eigenvalue weighted by atomic mass is 35.5. The van der Waals surface area contributed by atoms with E-state index in [0.717, 1.165) is 21.9 Å². The lowest BCUT2D eigenvalue weighted by Crippen LogP contribution is -2.57. The summed E-state index contributed by atoms with van der Waals surface area (Å²) in [7, 11) is -4.14. The molecule has 1 aliphatic rings. The molecule has 0 radical (unpaired) electrons. The Bertz CT molecular complexity index is 2020. The van der Waals surface area contributed by atoms with E-state index in [1.54, 1.807) is 13.8 Å². The molecule has 1 saturated heterocycles. The minimum atomic E-state index is -4.14. The maximum Gasteiger partial charge on any atom is 0.328 e. The van der Waals surface area contributed by atoms with Crippen LogP contribution in [0, 0.1) is 11.8 Å². The first-order chi connectivity index (χ1) is 24.7. The molecule has 276 valence electrons. The van der Waals surface area contributed by atoms with E-state index in [4.69, 9.17) is 17.3 Å². The number of amides is 4. The first kappa shape index (κ1) is 38.7. The molecule has 4 aromatic carbocycles. The minimum Gasteiger partial charge on any atom is -0.397 e. The fourth-order valence-corrected chi connectivity index (χ4v) is 8.38. The molecule has 4 amide bonds. The number of urea groups is 1. The number of aliphatic hydroxyl groups is 1. The number of benzene rings is 4. The van der Waals surface area contributed by atoms with E-state index >= 15 is 0 Å². The van der Waals surface area contributed by atoms with E-state index in [2.05, 4.69) is 5.32 Å². The second-order valence-electron chi connectivity index (χ2n) is 14.0. The van der Waals surface area contributed by atoms with E-state index in [1.807, 2.05) is 86.6 Å². The molecule has 52 heavy (non-hydrogen) atoms. The molecule has 1 aliphatic heterocycles. The van der Waals surface area contributed by atoms with Gasteiger partial charge in [0.05, 0.1) is 34.3 Å². The SMILES string of the molecule is CC(C)CN(C[C@@H](O)[C@H](Cc1ccccc1)NC(=O)[C@H](C(C)C)N1CC(=O)N(Cc2cccc3ccccc23)C1=O)S(=O)(=O)c1ccc(Cl)c(N)c1. The zero-order chi connectivity index (χ0) is 37.7. The Morgan fingerprint density at radius 1 is 0.942 bits per heavy atom. The molecule has 0 aliphatic carbocycles. The monoisotopic (exact) mass is 747 g/mol. The summed E-state index contributed by atoms with van der Waals surface area (Å²) in [5.41, 5.74) is 7.64. The molecule has 11 nitrogen and oxygen atoms in total. The van der Waals surface area contributed by atoms with Gasteiger partial charge in [-0.3, -0.25) is 14.5 Å². The normalized spacial score (nSPS) is 15.6. The van der Waals surface area contributed by atoms with Crippen LogP contribution in [0.15, 0.2) is 95.9 Å². The summed E-state index contributed by atoms with van der Waals surface area (Å²) >= 11 is 6.06. The Balaban J connectivity index is 1.40. The highest BCUT2D eigenvalue weighted by Gasteiger charge is 2.44. The van der Waals surface area contributed by atoms with Crippen LogP contribution in [0.2, 0.25) is 5.02 Å². The number of fused-ring (bicyclic) bond motifs is 1. The largest absolute Gasteiger partial charge is 0.397 e. The van der Waals surface area contributed by atoms with E-state index in [9.17, 15) is 27.9 Å². The lowest BCUT2D eigenvalue weighted by atomic mass is 9.97. The quantitative estimate of drug-likeness (QED) is 0.110. The van der Waals surface area contributed by atoms with Crippen molar-refractivity contribution in [2.45, 2.75) is 63.7 Å². The summed E-state index contributed by atoms with van der Waals surface area (Å²) in [6.07, 6.45) is -1.20. The zero-order valence-corrected chi connectivity index (χ0v) is 31.3. The number of nitrogens with one attached hydrogen (secondary N) is 1. The summed E-state index contributed by atoms with van der Waals surface area (Å²) in [4.78, 5) is 43.8. The third-order valence-corrected chi connectivity index (χ3v) is 11.4. The molecule has 4 N–H and O–H groups in total. The Kier molecular flexibility index (Phi) is 12.3. The highest BCUT2D eigenvalue weighted by molar-refractivity contribution is 7.89. The van der Waals surface area contributed by atoms with Crippen LogP contribution in [-0.2, 0) is 32.6 Å². The molecular weight excluding hydrogens is 702 g/mol. The van der Waals surface area contributed by atoms with Crippen molar-refractivity contribution in [3.63, 3.8) is 0 Å². The van der Waals surface area contributed by atoms with Crippen LogP contribution in [-0.4, -0.2) is 83.3 Å². The number of sulfonamides is 1. The highest BCUT2D eigenvalue weighted by Crippen LogP contribution is 2.27. The van der Waals surface area contributed by atoms with E-state index in [0.29, 0.717) is 0 Å². The number of halogens is 1. The number of nitrogen functional groups attached to an aromatic ring is 1. The first-order valence-electron chi connectivity index (χ1n) is 17.3. The van der Waals surface area contributed by atoms with Crippen molar-refractivity contribution in [1.82, 2.24) is 19.4 Å². The van der Waals surface area contributed by atoms with E-state index < -0.39 is 52.0 Å². The van der Waals surface area contributed by atoms with Gasteiger partial charge in [-0.05, 0) is 58.4 Å². The van der Waals surface area contributed by atoms with Gasteiger partial charge in [-0.2, -0.15) is 4.31 Å². The van der Waals surface area contributed by atoms with Gasteiger partial charge < -0.3 is 21.1 Å². The lowest BCUT2D eigenvalue weighted by Gasteiger charge is -2.34. The van der Waals surface area contributed by atoms with Crippen molar-refractivity contribution < 1.29 is 27.9 Å². The fraction of sp³-hybridized carbons (Fsp3) is 0.359. The third kappa shape index (κ3) is 8.75. The van der Waals surface area contributed by atoms with Crippen LogP contribution in [0.25, 0.3) is 10.8 Å². The van der Waals surface area contributed by atoms with Gasteiger partial charge in [0.15, 0.2) is 0 Å². The molecule has 0 aromatic heterocycles. The number of carbonyl (C=O) groups excluding carboxylic acids is 3. The molecule has 0 bridgehead atoms. The standard InChI is InChI=1S/C39H46ClN5O6S/c1-25(2)21-43(52(50,51)30-17-18-32(40)33(41)20-30)23-35(46)34(19-27-11-6-5-7-12-27)42-38(48)37(26(3)4)45-24-36(47)44(39(45)49)22-29-15-10-14-28-13-8-9-16-31(28)29/h5-18,20,25-26,34-35,37,46H,19,21-24,41H2,1-4H3,(H,42,48)/t34-,35+,37-/m0/s1. The second-order valence-corrected chi connectivity index (χ2v) is 16.3. The zero-order valence-electron chi connectivity index (χ0n) is 29.8. The van der Waals surface area contributed by atoms with Crippen LogP contribution in [0.1, 0.15) is 38.8 Å². The Hall–Kier alpha value is -4.49. The second kappa shape index (κ2) is 16.5. The van der Waals surface area contributed by atoms with Crippen molar-refractivity contribution >= 4 is 55.9 Å². The van der Waals surface area contributed by atoms with Crippen molar-refractivity contribution in [2.24, 2.45) is 11.8 Å². The smallest absolute Gasteiger partial charge is 0.328 e. The van der Waals surface area contributed by atoms with E-state index in [1.165, 1.54) is 32.3 Å². The average Bonchev–Trinajstić information content (AvgIpc) is 3.36. The Labute approximate surface area is 310 Å². The summed E-state index contributed by atoms with van der Waals surface area (Å²) < 4.78 is 29.0. The molecule has 0 spiro atoms. The summed E-state index contributed by atoms with van der Waals surface area (Å²) in [5.74, 6) is -1.49. The van der Waals surface area contributed by atoms with Crippen LogP contribution >= 0.6 is 11.6 Å². The van der Waals surface area contributed by atoms with Gasteiger partial charge in [-0.1, -0.05) is 112 Å². The van der Waals surface area contributed by atoms with Crippen LogP contribution in [0.4, 0.5) is 10.5 Å². The predicted molar refractivity (Wildman–Crippen MR) is 203 cm³/mol. The van der Waals surface area contributed by atoms with Crippen LogP contribution < -0.4 is 11.1 Å². The molecule has 0 unspecified atom stereocenters. The minimum absolute atomic E-state index is 0.0523. The van der Waals surface area contributed by atoms with Gasteiger partial charge in [0.25, 0.3) is 5.91 Å². The molecule has 3 atom stereocenters. The van der Waals surface area contributed by atoms with Gasteiger partial charge in [-0.25, -0.2) is 13.2 Å². The molecule has 0 saturated carbocycles. The average molecular weight is 748 g/mol. The fourth-order valence-electron chi connectivity index (χ4n) is 6.60. The molecule has 13 heteroatoms. The lowest BCUT2D eigenvalue weighted by molar-refractivity contribution is -0.129. The summed E-state index contributed by atoms with van der Waals surface area (Å²) in [6, 6.07) is 24.1. The maximum atomic E-state index is 14.2. The van der Waals surface area contributed by atoms with Gasteiger partial charge >= 0.3 is 6.03 Å². The van der Waals surface area contributed by atoms with Crippen molar-refractivity contribution in [2.75, 3.05) is 25.4 Å². The molecule has 1 fully saturated rings. The van der Waals surface area contributed by atoms with Crippen LogP contribution in [0.5, 0.6) is 0 Å². The first-order valence-corrected chi connectivity index (χ1v) is 19.1. The molecule has 4 aromatic rings. The van der Waals surface area contributed by atoms with Crippen molar-refractivity contribution in [1.29, 1.82) is 0 Å². The number of hydrogen-bond acceptors (Lipinski definition) is 7. The molecule has 1 heterocycles. The third-order valence-electron chi connectivity index (χ3n) is 9.18.